The molecule has 0 fully saturated rings. The molecule has 0 saturated carbocycles. The van der Waals surface area contributed by atoms with E-state index in [1.165, 1.54) is 0 Å². The van der Waals surface area contributed by atoms with Crippen molar-refractivity contribution in [3.63, 3.8) is 0 Å². The van der Waals surface area contributed by atoms with Crippen LogP contribution in [0.5, 0.6) is 0 Å². The van der Waals surface area contributed by atoms with E-state index in [2.05, 4.69) is 0 Å². The van der Waals surface area contributed by atoms with Gasteiger partial charge in [0.05, 0.1) is 25.6 Å². The molecule has 1 atom stereocenters. The molecule has 1 rings (SSSR count). The van der Waals surface area contributed by atoms with Crippen molar-refractivity contribution in [2.75, 3.05) is 12.9 Å². The normalized spacial score (nSPS) is 13.6. The van der Waals surface area contributed by atoms with E-state index in [0.717, 1.165) is 11.8 Å². The maximum absolute atomic E-state index is 10.8. The Labute approximate surface area is 96.3 Å². The molecule has 16 heavy (non-hydrogen) atoms. The van der Waals surface area contributed by atoms with Gasteiger partial charge in [0, 0.05) is 0 Å². The first-order valence-corrected chi connectivity index (χ1v) is 6.79. The van der Waals surface area contributed by atoms with Crippen molar-refractivity contribution >= 4 is 10.1 Å². The van der Waals surface area contributed by atoms with Crippen molar-refractivity contribution in [2.45, 2.75) is 19.6 Å². The second-order valence-corrected chi connectivity index (χ2v) is 5.21. The molecule has 0 amide bonds. The Hall–Kier alpha value is -0.910. The number of ether oxygens (including phenoxy) is 1. The van der Waals surface area contributed by atoms with E-state index in [1.54, 1.807) is 6.92 Å². The van der Waals surface area contributed by atoms with E-state index >= 15 is 0 Å². The molecule has 0 aliphatic heterocycles. The lowest BCUT2D eigenvalue weighted by Gasteiger charge is -2.11. The van der Waals surface area contributed by atoms with Gasteiger partial charge in [0.25, 0.3) is 10.1 Å². The summed E-state index contributed by atoms with van der Waals surface area (Å²) >= 11 is 0. The van der Waals surface area contributed by atoms with Crippen molar-refractivity contribution in [3.8, 4) is 0 Å². The number of benzene rings is 1. The van der Waals surface area contributed by atoms with E-state index in [-0.39, 0.29) is 6.61 Å². The Kier molecular flexibility index (Phi) is 4.92. The van der Waals surface area contributed by atoms with Gasteiger partial charge in [-0.1, -0.05) is 30.3 Å². The third-order valence-electron chi connectivity index (χ3n) is 1.80. The zero-order chi connectivity index (χ0) is 12.0. The van der Waals surface area contributed by atoms with Gasteiger partial charge < -0.3 is 4.74 Å². The highest BCUT2D eigenvalue weighted by molar-refractivity contribution is 7.86. The van der Waals surface area contributed by atoms with Crippen LogP contribution in [0.1, 0.15) is 12.5 Å². The highest BCUT2D eigenvalue weighted by atomic mass is 32.2. The fourth-order valence-corrected chi connectivity index (χ4v) is 1.90. The van der Waals surface area contributed by atoms with Crippen LogP contribution in [0.15, 0.2) is 30.3 Å². The van der Waals surface area contributed by atoms with Crippen LogP contribution in [0.2, 0.25) is 0 Å². The Morgan fingerprint density at radius 2 is 1.88 bits per heavy atom. The molecule has 0 unspecified atom stereocenters. The molecule has 1 aromatic carbocycles. The summed E-state index contributed by atoms with van der Waals surface area (Å²) in [5.41, 5.74) is 1.05. The van der Waals surface area contributed by atoms with Crippen LogP contribution in [0.25, 0.3) is 0 Å². The summed E-state index contributed by atoms with van der Waals surface area (Å²) < 4.78 is 31.7. The smallest absolute Gasteiger partial charge is 0.264 e. The first-order valence-electron chi connectivity index (χ1n) is 4.97. The Balaban J connectivity index is 2.26. The average molecular weight is 244 g/mol. The summed E-state index contributed by atoms with van der Waals surface area (Å²) in [5.74, 6) is 0. The van der Waals surface area contributed by atoms with E-state index in [9.17, 15) is 8.42 Å². The van der Waals surface area contributed by atoms with Gasteiger partial charge in [0.15, 0.2) is 0 Å². The molecule has 0 radical (unpaired) electrons. The zero-order valence-corrected chi connectivity index (χ0v) is 10.2. The molecule has 5 heteroatoms. The van der Waals surface area contributed by atoms with Gasteiger partial charge in [-0.15, -0.1) is 0 Å². The lowest BCUT2D eigenvalue weighted by atomic mass is 10.2. The van der Waals surface area contributed by atoms with Gasteiger partial charge in [-0.25, -0.2) is 0 Å². The fourth-order valence-electron chi connectivity index (χ4n) is 1.24. The van der Waals surface area contributed by atoms with Crippen LogP contribution >= 0.6 is 0 Å². The third kappa shape index (κ3) is 5.85. The lowest BCUT2D eigenvalue weighted by Crippen LogP contribution is -2.19. The predicted molar refractivity (Wildman–Crippen MR) is 61.5 cm³/mol. The minimum absolute atomic E-state index is 0.252. The van der Waals surface area contributed by atoms with Crippen LogP contribution in [-0.2, 0) is 25.6 Å². The average Bonchev–Trinajstić information content (AvgIpc) is 2.16. The van der Waals surface area contributed by atoms with Gasteiger partial charge in [0.1, 0.15) is 0 Å². The van der Waals surface area contributed by atoms with Gasteiger partial charge >= 0.3 is 0 Å². The summed E-state index contributed by atoms with van der Waals surface area (Å²) in [4.78, 5) is 0. The minimum Gasteiger partial charge on any atom is -0.374 e. The molecule has 0 heterocycles. The topological polar surface area (TPSA) is 52.6 Å². The summed E-state index contributed by atoms with van der Waals surface area (Å²) in [7, 11) is -3.40. The maximum atomic E-state index is 10.8. The highest BCUT2D eigenvalue weighted by Gasteiger charge is 2.09. The second kappa shape index (κ2) is 5.98. The molecular formula is C11H16O4S. The van der Waals surface area contributed by atoms with E-state index < -0.39 is 16.2 Å². The van der Waals surface area contributed by atoms with Crippen molar-refractivity contribution in [2.24, 2.45) is 0 Å². The molecule has 90 valence electrons. The Morgan fingerprint density at radius 3 is 2.44 bits per heavy atom. The molecule has 1 aromatic rings. The van der Waals surface area contributed by atoms with Crippen molar-refractivity contribution < 1.29 is 17.3 Å². The fraction of sp³-hybridized carbons (Fsp3) is 0.455. The van der Waals surface area contributed by atoms with Gasteiger partial charge in [-0.3, -0.25) is 4.18 Å². The summed E-state index contributed by atoms with van der Waals surface area (Å²) in [6.07, 6.45) is 0.569. The maximum Gasteiger partial charge on any atom is 0.264 e. The Bertz CT molecular complexity index is 399. The first-order chi connectivity index (χ1) is 7.47. The monoisotopic (exact) mass is 244 g/mol. The van der Waals surface area contributed by atoms with Crippen LogP contribution in [0.3, 0.4) is 0 Å². The molecule has 0 aliphatic carbocycles. The van der Waals surface area contributed by atoms with Crippen LogP contribution in [0.4, 0.5) is 0 Å². The molecule has 0 aromatic heterocycles. The molecule has 0 aliphatic rings. The van der Waals surface area contributed by atoms with E-state index in [4.69, 9.17) is 8.92 Å². The van der Waals surface area contributed by atoms with Crippen molar-refractivity contribution in [1.82, 2.24) is 0 Å². The predicted octanol–water partition coefficient (Wildman–Crippen LogP) is 1.57. The van der Waals surface area contributed by atoms with Crippen LogP contribution in [0, 0.1) is 0 Å². The second-order valence-electron chi connectivity index (χ2n) is 3.61. The SMILES string of the molecule is C[C@H](COCc1ccccc1)OS(C)(=O)=O. The third-order valence-corrected chi connectivity index (χ3v) is 2.48. The summed E-state index contributed by atoms with van der Waals surface area (Å²) in [6, 6.07) is 9.67. The molecular weight excluding hydrogens is 228 g/mol. The molecule has 0 spiro atoms. The van der Waals surface area contributed by atoms with Crippen LogP contribution < -0.4 is 0 Å². The summed E-state index contributed by atoms with van der Waals surface area (Å²) in [5, 5.41) is 0. The van der Waals surface area contributed by atoms with Gasteiger partial charge in [-0.05, 0) is 12.5 Å². The van der Waals surface area contributed by atoms with Crippen molar-refractivity contribution in [3.05, 3.63) is 35.9 Å². The van der Waals surface area contributed by atoms with Crippen LogP contribution in [-0.4, -0.2) is 27.4 Å². The van der Waals surface area contributed by atoms with Gasteiger partial charge in [0.2, 0.25) is 0 Å². The molecule has 0 saturated heterocycles. The Morgan fingerprint density at radius 1 is 1.25 bits per heavy atom. The lowest BCUT2D eigenvalue weighted by molar-refractivity contribution is 0.0526. The van der Waals surface area contributed by atoms with E-state index in [0.29, 0.717) is 6.61 Å². The van der Waals surface area contributed by atoms with E-state index in [1.807, 2.05) is 30.3 Å². The quantitative estimate of drug-likeness (QED) is 0.713. The van der Waals surface area contributed by atoms with Crippen molar-refractivity contribution in [1.29, 1.82) is 0 Å². The van der Waals surface area contributed by atoms with Gasteiger partial charge in [-0.2, -0.15) is 8.42 Å². The number of rotatable bonds is 6. The standard InChI is InChI=1S/C11H16O4S/c1-10(15-16(2,12)13)8-14-9-11-6-4-3-5-7-11/h3-7,10H,8-9H2,1-2H3/t10-/m1/s1. The zero-order valence-electron chi connectivity index (χ0n) is 9.42. The first kappa shape index (κ1) is 13.2. The minimum atomic E-state index is -3.40. The largest absolute Gasteiger partial charge is 0.374 e. The summed E-state index contributed by atoms with van der Waals surface area (Å²) in [6.45, 7) is 2.37. The highest BCUT2D eigenvalue weighted by Crippen LogP contribution is 2.03. The number of hydrogen-bond donors (Lipinski definition) is 0. The molecule has 0 bridgehead atoms. The molecule has 4 nitrogen and oxygen atoms in total. The number of hydrogen-bond acceptors (Lipinski definition) is 4. The molecule has 0 N–H and O–H groups in total.